The summed E-state index contributed by atoms with van der Waals surface area (Å²) in [7, 11) is 3.42. The fraction of sp³-hybridized carbons (Fsp3) is 0.364. The number of nitrogens with one attached hydrogen (secondary N) is 1. The van der Waals surface area contributed by atoms with E-state index in [1.807, 2.05) is 26.0 Å². The van der Waals surface area contributed by atoms with Gasteiger partial charge in [0.1, 0.15) is 0 Å². The summed E-state index contributed by atoms with van der Waals surface area (Å²) in [5, 5.41) is 1.46. The van der Waals surface area contributed by atoms with Crippen LogP contribution in [0, 0.1) is 13.8 Å². The second-order valence-electron chi connectivity index (χ2n) is 3.51. The van der Waals surface area contributed by atoms with E-state index >= 15 is 0 Å². The molecule has 0 heterocycles. The lowest BCUT2D eigenvalue weighted by molar-refractivity contribution is 0.0735. The highest BCUT2D eigenvalue weighted by molar-refractivity contribution is 9.10. The highest BCUT2D eigenvalue weighted by Gasteiger charge is 2.12. The number of nitrogens with zero attached hydrogens (tertiary/aromatic N) is 1. The van der Waals surface area contributed by atoms with Crippen LogP contribution in [0.4, 0.5) is 0 Å². The fourth-order valence-corrected chi connectivity index (χ4v) is 1.59. The molecule has 4 heteroatoms. The number of hydrogen-bond acceptors (Lipinski definition) is 2. The second kappa shape index (κ2) is 4.77. The van der Waals surface area contributed by atoms with E-state index in [0.29, 0.717) is 5.56 Å². The summed E-state index contributed by atoms with van der Waals surface area (Å²) < 4.78 is 1.06. The van der Waals surface area contributed by atoms with Crippen molar-refractivity contribution in [1.82, 2.24) is 10.4 Å². The van der Waals surface area contributed by atoms with Crippen molar-refractivity contribution in [3.05, 3.63) is 33.3 Å². The summed E-state index contributed by atoms with van der Waals surface area (Å²) in [5.41, 5.74) is 5.63. The molecule has 0 saturated carbocycles. The second-order valence-corrected chi connectivity index (χ2v) is 4.30. The number of hydrazine groups is 1. The summed E-state index contributed by atoms with van der Waals surface area (Å²) in [6.07, 6.45) is 0. The van der Waals surface area contributed by atoms with E-state index in [9.17, 15) is 4.79 Å². The van der Waals surface area contributed by atoms with Gasteiger partial charge in [-0.15, -0.1) is 0 Å². The van der Waals surface area contributed by atoms with Crippen molar-refractivity contribution in [1.29, 1.82) is 0 Å². The topological polar surface area (TPSA) is 32.3 Å². The van der Waals surface area contributed by atoms with Crippen LogP contribution in [0.1, 0.15) is 21.5 Å². The Morgan fingerprint density at radius 3 is 2.20 bits per heavy atom. The smallest absolute Gasteiger partial charge is 0.267 e. The summed E-state index contributed by atoms with van der Waals surface area (Å²) in [6.45, 7) is 3.96. The van der Waals surface area contributed by atoms with Crippen molar-refractivity contribution in [2.75, 3.05) is 14.1 Å². The Balaban J connectivity index is 3.12. The van der Waals surface area contributed by atoms with Crippen LogP contribution in [0.3, 0.4) is 0 Å². The third-order valence-electron chi connectivity index (χ3n) is 2.32. The van der Waals surface area contributed by atoms with Crippen LogP contribution in [0.5, 0.6) is 0 Å². The van der Waals surface area contributed by atoms with Gasteiger partial charge in [-0.25, -0.2) is 5.43 Å². The van der Waals surface area contributed by atoms with Crippen molar-refractivity contribution in [3.8, 4) is 0 Å². The van der Waals surface area contributed by atoms with Gasteiger partial charge in [0.05, 0.1) is 0 Å². The quantitative estimate of drug-likeness (QED) is 0.837. The maximum absolute atomic E-state index is 11.8. The molecule has 0 aromatic heterocycles. The summed E-state index contributed by atoms with van der Waals surface area (Å²) in [5.74, 6) is -0.0313. The third-order valence-corrected chi connectivity index (χ3v) is 3.57. The van der Waals surface area contributed by atoms with Gasteiger partial charge >= 0.3 is 0 Å². The Hall–Kier alpha value is -0.870. The normalized spacial score (nSPS) is 10.2. The SMILES string of the molecule is CNN(C)C(=O)c1cc(C)c(Br)c(C)c1. The number of carbonyl (C=O) groups is 1. The molecule has 0 saturated heterocycles. The lowest BCUT2D eigenvalue weighted by Gasteiger charge is -2.16. The van der Waals surface area contributed by atoms with E-state index in [4.69, 9.17) is 0 Å². The van der Waals surface area contributed by atoms with Crippen molar-refractivity contribution < 1.29 is 4.79 Å². The van der Waals surface area contributed by atoms with Crippen LogP contribution in [0.15, 0.2) is 16.6 Å². The number of amides is 1. The van der Waals surface area contributed by atoms with Crippen LogP contribution in [0.2, 0.25) is 0 Å². The maximum atomic E-state index is 11.8. The fourth-order valence-electron chi connectivity index (χ4n) is 1.36. The molecule has 0 aliphatic heterocycles. The van der Waals surface area contributed by atoms with Crippen LogP contribution >= 0.6 is 15.9 Å². The Bertz CT molecular complexity index is 367. The molecule has 0 unspecified atom stereocenters. The Kier molecular flexibility index (Phi) is 3.88. The first-order valence-electron chi connectivity index (χ1n) is 4.69. The maximum Gasteiger partial charge on any atom is 0.267 e. The molecule has 1 amide bonds. The molecule has 0 aliphatic carbocycles. The van der Waals surface area contributed by atoms with Gasteiger partial charge in [-0.05, 0) is 37.1 Å². The first kappa shape index (κ1) is 12.2. The summed E-state index contributed by atoms with van der Waals surface area (Å²) >= 11 is 3.48. The zero-order chi connectivity index (χ0) is 11.6. The van der Waals surface area contributed by atoms with Crippen LogP contribution < -0.4 is 5.43 Å². The van der Waals surface area contributed by atoms with Crippen molar-refractivity contribution in [2.24, 2.45) is 0 Å². The van der Waals surface area contributed by atoms with Gasteiger partial charge in [-0.2, -0.15) is 0 Å². The number of hydrogen-bond donors (Lipinski definition) is 1. The largest absolute Gasteiger partial charge is 0.277 e. The van der Waals surface area contributed by atoms with Gasteiger partial charge in [0.25, 0.3) is 5.91 Å². The van der Waals surface area contributed by atoms with E-state index in [0.717, 1.165) is 15.6 Å². The highest BCUT2D eigenvalue weighted by Crippen LogP contribution is 2.22. The molecule has 3 nitrogen and oxygen atoms in total. The molecule has 0 atom stereocenters. The van der Waals surface area contributed by atoms with Crippen molar-refractivity contribution in [2.45, 2.75) is 13.8 Å². The molecule has 1 N–H and O–H groups in total. The Labute approximate surface area is 98.6 Å². The molecule has 0 aliphatic rings. The predicted octanol–water partition coefficient (Wildman–Crippen LogP) is 2.27. The molecule has 1 aromatic carbocycles. The monoisotopic (exact) mass is 270 g/mol. The number of aryl methyl sites for hydroxylation is 2. The third kappa shape index (κ3) is 2.58. The average molecular weight is 271 g/mol. The van der Waals surface area contributed by atoms with Gasteiger partial charge in [-0.1, -0.05) is 15.9 Å². The minimum absolute atomic E-state index is 0.0313. The van der Waals surface area contributed by atoms with Crippen LogP contribution in [-0.4, -0.2) is 25.0 Å². The summed E-state index contributed by atoms with van der Waals surface area (Å²) in [6, 6.07) is 3.76. The Morgan fingerprint density at radius 2 is 1.80 bits per heavy atom. The zero-order valence-corrected chi connectivity index (χ0v) is 11.0. The first-order valence-corrected chi connectivity index (χ1v) is 5.49. The lowest BCUT2D eigenvalue weighted by Crippen LogP contribution is -2.36. The average Bonchev–Trinajstić information content (AvgIpc) is 2.23. The number of rotatable bonds is 2. The van der Waals surface area contributed by atoms with Gasteiger partial charge in [0, 0.05) is 24.1 Å². The molecule has 1 rings (SSSR count). The molecular formula is C11H15BrN2O. The molecule has 82 valence electrons. The first-order chi connectivity index (χ1) is 6.97. The van der Waals surface area contributed by atoms with E-state index in [2.05, 4.69) is 21.4 Å². The van der Waals surface area contributed by atoms with E-state index < -0.39 is 0 Å². The van der Waals surface area contributed by atoms with Crippen molar-refractivity contribution >= 4 is 21.8 Å². The number of halogens is 1. The zero-order valence-electron chi connectivity index (χ0n) is 9.39. The standard InChI is InChI=1S/C11H15BrN2O/c1-7-5-9(6-8(2)10(7)12)11(15)14(4)13-3/h5-6,13H,1-4H3. The van der Waals surface area contributed by atoms with E-state index in [-0.39, 0.29) is 5.91 Å². The minimum atomic E-state index is -0.0313. The molecule has 1 aromatic rings. The van der Waals surface area contributed by atoms with Crippen LogP contribution in [-0.2, 0) is 0 Å². The summed E-state index contributed by atoms with van der Waals surface area (Å²) in [4.78, 5) is 11.8. The van der Waals surface area contributed by atoms with E-state index in [1.165, 1.54) is 5.01 Å². The minimum Gasteiger partial charge on any atom is -0.277 e. The highest BCUT2D eigenvalue weighted by atomic mass is 79.9. The molecule has 0 spiro atoms. The molecule has 0 bridgehead atoms. The van der Waals surface area contributed by atoms with Crippen LogP contribution in [0.25, 0.3) is 0 Å². The predicted molar refractivity (Wildman–Crippen MR) is 64.8 cm³/mol. The molecular weight excluding hydrogens is 256 g/mol. The lowest BCUT2D eigenvalue weighted by atomic mass is 10.1. The van der Waals surface area contributed by atoms with Gasteiger partial charge in [0.2, 0.25) is 0 Å². The number of benzene rings is 1. The number of carbonyl (C=O) groups excluding carboxylic acids is 1. The molecule has 15 heavy (non-hydrogen) atoms. The van der Waals surface area contributed by atoms with Gasteiger partial charge < -0.3 is 0 Å². The van der Waals surface area contributed by atoms with Crippen molar-refractivity contribution in [3.63, 3.8) is 0 Å². The van der Waals surface area contributed by atoms with Gasteiger partial charge in [0.15, 0.2) is 0 Å². The van der Waals surface area contributed by atoms with E-state index in [1.54, 1.807) is 14.1 Å². The molecule has 0 radical (unpaired) electrons. The van der Waals surface area contributed by atoms with Gasteiger partial charge in [-0.3, -0.25) is 9.80 Å². The molecule has 0 fully saturated rings. The Morgan fingerprint density at radius 1 is 1.33 bits per heavy atom.